The van der Waals surface area contributed by atoms with Crippen molar-refractivity contribution in [1.82, 2.24) is 0 Å². The molecule has 0 atom stereocenters. The van der Waals surface area contributed by atoms with Gasteiger partial charge in [-0.15, -0.1) is 0 Å². The van der Waals surface area contributed by atoms with Gasteiger partial charge < -0.3 is 0 Å². The first-order chi connectivity index (χ1) is 4.74. The average Bonchev–Trinajstić information content (AvgIpc) is 1.95. The summed E-state index contributed by atoms with van der Waals surface area (Å²) in [6.07, 6.45) is 1.83. The highest BCUT2D eigenvalue weighted by Crippen LogP contribution is 2.20. The molecule has 0 spiro atoms. The molecule has 0 radical (unpaired) electrons. The molecule has 0 heterocycles. The topological polar surface area (TPSA) is 0 Å². The van der Waals surface area contributed by atoms with Gasteiger partial charge in [0.1, 0.15) is 0 Å². The summed E-state index contributed by atoms with van der Waals surface area (Å²) in [6.45, 7) is 3.68. The van der Waals surface area contributed by atoms with Crippen LogP contribution in [0.15, 0.2) is 29.3 Å². The van der Waals surface area contributed by atoms with Crippen LogP contribution >= 0.6 is 38.5 Å². The maximum absolute atomic E-state index is 3.68. The molecule has 10 heavy (non-hydrogen) atoms. The van der Waals surface area contributed by atoms with Gasteiger partial charge in [-0.05, 0) is 56.2 Å². The van der Waals surface area contributed by atoms with Gasteiger partial charge in [0.25, 0.3) is 0 Å². The molecule has 1 aromatic rings. The van der Waals surface area contributed by atoms with Crippen LogP contribution in [0.2, 0.25) is 0 Å². The Morgan fingerprint density at radius 1 is 1.50 bits per heavy atom. The van der Waals surface area contributed by atoms with Gasteiger partial charge in [-0.1, -0.05) is 18.7 Å². The van der Waals surface area contributed by atoms with Gasteiger partial charge in [0.15, 0.2) is 0 Å². The maximum Gasteiger partial charge on any atom is 0.0314 e. The summed E-state index contributed by atoms with van der Waals surface area (Å²) >= 11 is 5.71. The van der Waals surface area contributed by atoms with Gasteiger partial charge in [-0.3, -0.25) is 0 Å². The number of rotatable bonds is 1. The van der Waals surface area contributed by atoms with Crippen molar-refractivity contribution in [2.75, 3.05) is 0 Å². The van der Waals surface area contributed by atoms with E-state index in [0.29, 0.717) is 0 Å². The van der Waals surface area contributed by atoms with Crippen molar-refractivity contribution < 1.29 is 0 Å². The molecule has 2 heteroatoms. The Bertz CT molecular complexity index is 255. The van der Waals surface area contributed by atoms with E-state index in [4.69, 9.17) is 0 Å². The van der Waals surface area contributed by atoms with E-state index in [9.17, 15) is 0 Å². The summed E-state index contributed by atoms with van der Waals surface area (Å²) in [5, 5.41) is 0. The van der Waals surface area contributed by atoms with E-state index in [0.717, 1.165) is 10.0 Å². The Hall–Kier alpha value is 0.170. The van der Waals surface area contributed by atoms with Crippen LogP contribution in [0.25, 0.3) is 6.08 Å². The van der Waals surface area contributed by atoms with Crippen LogP contribution in [-0.4, -0.2) is 0 Å². The second kappa shape index (κ2) is 3.53. The van der Waals surface area contributed by atoms with Crippen molar-refractivity contribution in [3.05, 3.63) is 38.4 Å². The minimum atomic E-state index is 1.13. The second-order valence-electron chi connectivity index (χ2n) is 1.88. The Morgan fingerprint density at radius 2 is 2.20 bits per heavy atom. The lowest BCUT2D eigenvalue weighted by Gasteiger charge is -1.96. The third-order valence-corrected chi connectivity index (χ3v) is 3.52. The summed E-state index contributed by atoms with van der Waals surface area (Å²) in [5.74, 6) is 0. The van der Waals surface area contributed by atoms with Crippen molar-refractivity contribution >= 4 is 44.6 Å². The minimum absolute atomic E-state index is 1.13. The monoisotopic (exact) mass is 308 g/mol. The quantitative estimate of drug-likeness (QED) is 0.694. The third-order valence-electron chi connectivity index (χ3n) is 1.18. The summed E-state index contributed by atoms with van der Waals surface area (Å²) in [6, 6.07) is 6.15. The van der Waals surface area contributed by atoms with Crippen LogP contribution in [-0.2, 0) is 0 Å². The lowest BCUT2D eigenvalue weighted by atomic mass is 10.2. The number of hydrogen-bond acceptors (Lipinski definition) is 0. The standard InChI is InChI=1S/C8H6BrI/c1-2-6-3-4-8(10)7(9)5-6/h2-5H,1H2. The van der Waals surface area contributed by atoms with Crippen molar-refractivity contribution in [2.24, 2.45) is 0 Å². The minimum Gasteiger partial charge on any atom is -0.0985 e. The molecule has 0 saturated carbocycles. The SMILES string of the molecule is C=Cc1ccc(I)c(Br)c1. The molecule has 1 rings (SSSR count). The zero-order chi connectivity index (χ0) is 7.56. The van der Waals surface area contributed by atoms with Gasteiger partial charge in [0.05, 0.1) is 0 Å². The summed E-state index contributed by atoms with van der Waals surface area (Å²) in [4.78, 5) is 0. The molecular weight excluding hydrogens is 303 g/mol. The average molecular weight is 309 g/mol. The molecule has 0 fully saturated rings. The molecule has 0 aliphatic carbocycles. The molecule has 1 aromatic carbocycles. The molecule has 0 aromatic heterocycles. The molecule has 0 nitrogen and oxygen atoms in total. The van der Waals surface area contributed by atoms with Crippen LogP contribution in [0.4, 0.5) is 0 Å². The Morgan fingerprint density at radius 3 is 2.70 bits per heavy atom. The normalized spacial score (nSPS) is 9.40. The molecule has 0 aliphatic heterocycles. The Labute approximate surface area is 82.6 Å². The summed E-state index contributed by atoms with van der Waals surface area (Å²) in [7, 11) is 0. The highest BCUT2D eigenvalue weighted by atomic mass is 127. The lowest BCUT2D eigenvalue weighted by Crippen LogP contribution is -1.75. The number of benzene rings is 1. The Kier molecular flexibility index (Phi) is 2.92. The van der Waals surface area contributed by atoms with E-state index in [-0.39, 0.29) is 0 Å². The van der Waals surface area contributed by atoms with E-state index >= 15 is 0 Å². The predicted octanol–water partition coefficient (Wildman–Crippen LogP) is 3.70. The van der Waals surface area contributed by atoms with Crippen LogP contribution in [0.3, 0.4) is 0 Å². The lowest BCUT2D eigenvalue weighted by molar-refractivity contribution is 1.56. The first-order valence-electron chi connectivity index (χ1n) is 2.81. The van der Waals surface area contributed by atoms with Crippen molar-refractivity contribution in [1.29, 1.82) is 0 Å². The molecular formula is C8H6BrI. The number of hydrogen-bond donors (Lipinski definition) is 0. The Balaban J connectivity index is 3.16. The molecule has 0 bridgehead atoms. The first kappa shape index (κ1) is 8.27. The maximum atomic E-state index is 3.68. The van der Waals surface area contributed by atoms with Crippen molar-refractivity contribution in [3.63, 3.8) is 0 Å². The van der Waals surface area contributed by atoms with E-state index in [1.54, 1.807) is 0 Å². The molecule has 52 valence electrons. The van der Waals surface area contributed by atoms with Gasteiger partial charge in [0.2, 0.25) is 0 Å². The van der Waals surface area contributed by atoms with E-state index < -0.39 is 0 Å². The highest BCUT2D eigenvalue weighted by Gasteiger charge is 1.93. The fraction of sp³-hybridized carbons (Fsp3) is 0. The molecule has 0 amide bonds. The molecule has 0 aliphatic rings. The van der Waals surface area contributed by atoms with Gasteiger partial charge in [-0.25, -0.2) is 0 Å². The van der Waals surface area contributed by atoms with E-state index in [2.05, 4.69) is 57.2 Å². The van der Waals surface area contributed by atoms with E-state index in [1.807, 2.05) is 12.1 Å². The second-order valence-corrected chi connectivity index (χ2v) is 3.89. The highest BCUT2D eigenvalue weighted by molar-refractivity contribution is 14.1. The molecule has 0 unspecified atom stereocenters. The fourth-order valence-corrected chi connectivity index (χ4v) is 1.37. The first-order valence-corrected chi connectivity index (χ1v) is 4.68. The molecule has 0 saturated heterocycles. The zero-order valence-electron chi connectivity index (χ0n) is 5.27. The van der Waals surface area contributed by atoms with Gasteiger partial charge in [-0.2, -0.15) is 0 Å². The summed E-state index contributed by atoms with van der Waals surface area (Å²) < 4.78 is 2.36. The molecule has 0 N–H and O–H groups in total. The smallest absolute Gasteiger partial charge is 0.0314 e. The number of halogens is 2. The predicted molar refractivity (Wildman–Crippen MR) is 57.0 cm³/mol. The van der Waals surface area contributed by atoms with Gasteiger partial charge in [0, 0.05) is 8.04 Å². The van der Waals surface area contributed by atoms with Crippen LogP contribution in [0.5, 0.6) is 0 Å². The van der Waals surface area contributed by atoms with Gasteiger partial charge >= 0.3 is 0 Å². The van der Waals surface area contributed by atoms with Crippen LogP contribution in [0, 0.1) is 3.57 Å². The van der Waals surface area contributed by atoms with Crippen LogP contribution < -0.4 is 0 Å². The third kappa shape index (κ3) is 1.83. The van der Waals surface area contributed by atoms with Crippen LogP contribution in [0.1, 0.15) is 5.56 Å². The summed E-state index contributed by atoms with van der Waals surface area (Å²) in [5.41, 5.74) is 1.15. The van der Waals surface area contributed by atoms with Crippen molar-refractivity contribution in [3.8, 4) is 0 Å². The largest absolute Gasteiger partial charge is 0.0985 e. The zero-order valence-corrected chi connectivity index (χ0v) is 9.02. The van der Waals surface area contributed by atoms with Crippen molar-refractivity contribution in [2.45, 2.75) is 0 Å². The van der Waals surface area contributed by atoms with E-state index in [1.165, 1.54) is 3.57 Å². The fourth-order valence-electron chi connectivity index (χ4n) is 0.639.